The summed E-state index contributed by atoms with van der Waals surface area (Å²) in [6.07, 6.45) is 13.2. The normalized spacial score (nSPS) is 30.6. The minimum absolute atomic E-state index is 0.150. The summed E-state index contributed by atoms with van der Waals surface area (Å²) in [5.41, 5.74) is 8.67. The van der Waals surface area contributed by atoms with Gasteiger partial charge >= 0.3 is 0 Å². The van der Waals surface area contributed by atoms with Crippen LogP contribution in [-0.2, 0) is 6.42 Å². The Hall–Kier alpha value is -0.960. The van der Waals surface area contributed by atoms with E-state index in [0.29, 0.717) is 5.92 Å². The van der Waals surface area contributed by atoms with E-state index in [4.69, 9.17) is 10.7 Å². The number of rotatable bonds is 2. The second-order valence-corrected chi connectivity index (χ2v) is 6.61. The molecule has 1 atom stereocenters. The molecule has 3 nitrogen and oxygen atoms in total. The Balaban J connectivity index is 1.77. The second kappa shape index (κ2) is 6.21. The average molecular weight is 273 g/mol. The summed E-state index contributed by atoms with van der Waals surface area (Å²) in [6, 6.07) is 0.150. The lowest BCUT2D eigenvalue weighted by Crippen LogP contribution is -2.17. The maximum absolute atomic E-state index is 6.23. The van der Waals surface area contributed by atoms with Crippen LogP contribution in [0.5, 0.6) is 0 Å². The molecule has 2 aliphatic carbocycles. The molecule has 0 aromatic carbocycles. The minimum Gasteiger partial charge on any atom is -0.324 e. The Labute approximate surface area is 122 Å². The highest BCUT2D eigenvalue weighted by atomic mass is 14.9. The molecule has 0 spiro atoms. The third-order valence-corrected chi connectivity index (χ3v) is 5.29. The van der Waals surface area contributed by atoms with Crippen LogP contribution in [-0.4, -0.2) is 9.97 Å². The van der Waals surface area contributed by atoms with Crippen LogP contribution in [0.25, 0.3) is 0 Å². The van der Waals surface area contributed by atoms with Crippen molar-refractivity contribution < 1.29 is 0 Å². The third kappa shape index (κ3) is 2.88. The van der Waals surface area contributed by atoms with Crippen molar-refractivity contribution in [2.75, 3.05) is 0 Å². The Kier molecular flexibility index (Phi) is 4.35. The van der Waals surface area contributed by atoms with Crippen molar-refractivity contribution in [1.82, 2.24) is 9.97 Å². The second-order valence-electron chi connectivity index (χ2n) is 6.61. The zero-order valence-corrected chi connectivity index (χ0v) is 12.6. The first-order valence-corrected chi connectivity index (χ1v) is 8.39. The molecule has 3 rings (SSSR count). The van der Waals surface area contributed by atoms with Crippen LogP contribution >= 0.6 is 0 Å². The van der Waals surface area contributed by atoms with Crippen LogP contribution in [0.2, 0.25) is 0 Å². The van der Waals surface area contributed by atoms with E-state index in [0.717, 1.165) is 24.6 Å². The predicted molar refractivity (Wildman–Crippen MR) is 81.5 cm³/mol. The van der Waals surface area contributed by atoms with E-state index in [-0.39, 0.29) is 6.04 Å². The highest BCUT2D eigenvalue weighted by molar-refractivity contribution is 5.23. The molecule has 1 fully saturated rings. The van der Waals surface area contributed by atoms with Gasteiger partial charge in [-0.15, -0.1) is 0 Å². The highest BCUT2D eigenvalue weighted by Gasteiger charge is 2.25. The van der Waals surface area contributed by atoms with Crippen molar-refractivity contribution in [3.63, 3.8) is 0 Å². The Bertz CT molecular complexity index is 450. The average Bonchev–Trinajstić information content (AvgIpc) is 2.69. The smallest absolute Gasteiger partial charge is 0.131 e. The zero-order valence-electron chi connectivity index (χ0n) is 12.6. The van der Waals surface area contributed by atoms with E-state index in [9.17, 15) is 0 Å². The molecular formula is C17H27N3. The van der Waals surface area contributed by atoms with Gasteiger partial charge in [0.15, 0.2) is 0 Å². The van der Waals surface area contributed by atoms with Gasteiger partial charge in [0.25, 0.3) is 0 Å². The zero-order chi connectivity index (χ0) is 13.9. The summed E-state index contributed by atoms with van der Waals surface area (Å²) in [6.45, 7) is 2.31. The van der Waals surface area contributed by atoms with Gasteiger partial charge in [0.05, 0.1) is 0 Å². The van der Waals surface area contributed by atoms with Crippen LogP contribution in [0.15, 0.2) is 6.20 Å². The largest absolute Gasteiger partial charge is 0.324 e. The number of hydrogen-bond donors (Lipinski definition) is 1. The van der Waals surface area contributed by atoms with Crippen molar-refractivity contribution in [2.45, 2.75) is 76.7 Å². The predicted octanol–water partition coefficient (Wildman–Crippen LogP) is 3.89. The number of hydrogen-bond acceptors (Lipinski definition) is 3. The fourth-order valence-electron chi connectivity index (χ4n) is 3.79. The van der Waals surface area contributed by atoms with E-state index in [1.807, 2.05) is 6.20 Å². The Morgan fingerprint density at radius 1 is 1.15 bits per heavy atom. The van der Waals surface area contributed by atoms with Gasteiger partial charge in [0, 0.05) is 29.4 Å². The lowest BCUT2D eigenvalue weighted by atomic mass is 9.80. The number of aryl methyl sites for hydroxylation is 1. The van der Waals surface area contributed by atoms with Crippen LogP contribution < -0.4 is 5.73 Å². The molecule has 20 heavy (non-hydrogen) atoms. The van der Waals surface area contributed by atoms with Gasteiger partial charge < -0.3 is 5.73 Å². The maximum atomic E-state index is 6.23. The molecule has 0 amide bonds. The van der Waals surface area contributed by atoms with E-state index in [1.54, 1.807) is 0 Å². The molecule has 0 aliphatic heterocycles. The highest BCUT2D eigenvalue weighted by Crippen LogP contribution is 2.36. The van der Waals surface area contributed by atoms with Crippen LogP contribution in [0.3, 0.4) is 0 Å². The van der Waals surface area contributed by atoms with Gasteiger partial charge in [0.1, 0.15) is 5.82 Å². The Morgan fingerprint density at radius 3 is 2.70 bits per heavy atom. The first-order chi connectivity index (χ1) is 9.78. The molecule has 110 valence electrons. The quantitative estimate of drug-likeness (QED) is 0.832. The fraction of sp³-hybridized carbons (Fsp3) is 0.765. The number of fused-ring (bicyclic) bond motifs is 1. The van der Waals surface area contributed by atoms with E-state index < -0.39 is 0 Å². The monoisotopic (exact) mass is 273 g/mol. The Morgan fingerprint density at radius 2 is 1.95 bits per heavy atom. The summed E-state index contributed by atoms with van der Waals surface area (Å²) < 4.78 is 0. The summed E-state index contributed by atoms with van der Waals surface area (Å²) in [7, 11) is 0. The molecule has 1 aromatic heterocycles. The van der Waals surface area contributed by atoms with Crippen molar-refractivity contribution in [3.05, 3.63) is 23.3 Å². The minimum atomic E-state index is 0.150. The van der Waals surface area contributed by atoms with E-state index in [1.165, 1.54) is 56.2 Å². The lowest BCUT2D eigenvalue weighted by Gasteiger charge is -2.27. The van der Waals surface area contributed by atoms with Gasteiger partial charge in [-0.05, 0) is 50.9 Å². The number of aromatic nitrogens is 2. The molecule has 1 aromatic rings. The number of nitrogens with zero attached hydrogens (tertiary/aromatic N) is 2. The number of nitrogens with two attached hydrogens (primary N) is 1. The molecule has 0 radical (unpaired) electrons. The molecular weight excluding hydrogens is 246 g/mol. The lowest BCUT2D eigenvalue weighted by molar-refractivity contribution is 0.311. The maximum Gasteiger partial charge on any atom is 0.131 e. The SMILES string of the molecule is CCC1CCC(c2ncc3c(n2)CCCCC3N)CC1. The van der Waals surface area contributed by atoms with E-state index in [2.05, 4.69) is 11.9 Å². The molecule has 0 saturated heterocycles. The molecule has 2 aliphatic rings. The van der Waals surface area contributed by atoms with Crippen LogP contribution in [0, 0.1) is 5.92 Å². The summed E-state index contributed by atoms with van der Waals surface area (Å²) in [5.74, 6) is 2.61. The van der Waals surface area contributed by atoms with Crippen molar-refractivity contribution in [2.24, 2.45) is 11.7 Å². The molecule has 3 heteroatoms. The van der Waals surface area contributed by atoms with Gasteiger partial charge in [-0.3, -0.25) is 0 Å². The molecule has 1 saturated carbocycles. The topological polar surface area (TPSA) is 51.8 Å². The third-order valence-electron chi connectivity index (χ3n) is 5.29. The van der Waals surface area contributed by atoms with Crippen molar-refractivity contribution >= 4 is 0 Å². The molecule has 1 unspecified atom stereocenters. The molecule has 1 heterocycles. The van der Waals surface area contributed by atoms with Gasteiger partial charge in [-0.1, -0.05) is 19.8 Å². The summed E-state index contributed by atoms with van der Waals surface area (Å²) >= 11 is 0. The van der Waals surface area contributed by atoms with Gasteiger partial charge in [-0.2, -0.15) is 0 Å². The summed E-state index contributed by atoms with van der Waals surface area (Å²) in [4.78, 5) is 9.57. The molecule has 0 bridgehead atoms. The first-order valence-electron chi connectivity index (χ1n) is 8.39. The standard InChI is InChI=1S/C17H27N3/c1-2-12-7-9-13(10-8-12)17-19-11-14-15(18)5-3-4-6-16(14)20-17/h11-13,15H,2-10,18H2,1H3. The summed E-state index contributed by atoms with van der Waals surface area (Å²) in [5, 5.41) is 0. The van der Waals surface area contributed by atoms with Crippen molar-refractivity contribution in [3.8, 4) is 0 Å². The van der Waals surface area contributed by atoms with Crippen LogP contribution in [0.1, 0.15) is 87.3 Å². The van der Waals surface area contributed by atoms with Crippen molar-refractivity contribution in [1.29, 1.82) is 0 Å². The molecule has 2 N–H and O–H groups in total. The fourth-order valence-corrected chi connectivity index (χ4v) is 3.79. The van der Waals surface area contributed by atoms with Gasteiger partial charge in [-0.25, -0.2) is 9.97 Å². The first kappa shape index (κ1) is 14.0. The van der Waals surface area contributed by atoms with E-state index >= 15 is 0 Å². The van der Waals surface area contributed by atoms with Crippen LogP contribution in [0.4, 0.5) is 0 Å². The van der Waals surface area contributed by atoms with Gasteiger partial charge in [0.2, 0.25) is 0 Å².